The van der Waals surface area contributed by atoms with Crippen LogP contribution in [0.3, 0.4) is 0 Å². The fourth-order valence-corrected chi connectivity index (χ4v) is 0.950. The number of nitrogens with one attached hydrogen (secondary N) is 1. The minimum absolute atomic E-state index is 0.139. The minimum Gasteiger partial charge on any atom is -0.384 e. The molecule has 1 aromatic rings. The van der Waals surface area contributed by atoms with Gasteiger partial charge in [-0.15, -0.1) is 0 Å². The zero-order valence-corrected chi connectivity index (χ0v) is 7.09. The highest BCUT2D eigenvalue weighted by Gasteiger charge is 2.06. The summed E-state index contributed by atoms with van der Waals surface area (Å²) in [6.45, 7) is 1.82. The average molecular weight is 165 g/mol. The fraction of sp³-hybridized carbons (Fsp3) is 0.250. The van der Waals surface area contributed by atoms with Crippen molar-refractivity contribution in [1.82, 2.24) is 10.3 Å². The summed E-state index contributed by atoms with van der Waals surface area (Å²) in [5.74, 6) is 0.292. The van der Waals surface area contributed by atoms with Crippen LogP contribution in [0, 0.1) is 6.92 Å². The van der Waals surface area contributed by atoms with E-state index >= 15 is 0 Å². The van der Waals surface area contributed by atoms with Crippen molar-refractivity contribution in [2.75, 3.05) is 12.8 Å². The highest BCUT2D eigenvalue weighted by molar-refractivity contribution is 5.95. The van der Waals surface area contributed by atoms with Crippen molar-refractivity contribution in [3.8, 4) is 0 Å². The van der Waals surface area contributed by atoms with E-state index < -0.39 is 0 Å². The highest BCUT2D eigenvalue weighted by Crippen LogP contribution is 2.08. The Morgan fingerprint density at radius 2 is 2.33 bits per heavy atom. The van der Waals surface area contributed by atoms with E-state index in [1.165, 1.54) is 6.20 Å². The van der Waals surface area contributed by atoms with E-state index in [0.717, 1.165) is 5.56 Å². The van der Waals surface area contributed by atoms with Gasteiger partial charge in [0.15, 0.2) is 0 Å². The van der Waals surface area contributed by atoms with Gasteiger partial charge in [0.05, 0.1) is 5.56 Å². The van der Waals surface area contributed by atoms with Gasteiger partial charge in [-0.05, 0) is 18.6 Å². The first-order valence-corrected chi connectivity index (χ1v) is 3.59. The Kier molecular flexibility index (Phi) is 2.28. The molecule has 4 nitrogen and oxygen atoms in total. The number of anilines is 1. The summed E-state index contributed by atoms with van der Waals surface area (Å²) in [5.41, 5.74) is 6.82. The van der Waals surface area contributed by atoms with Crippen LogP contribution in [0.4, 0.5) is 5.82 Å². The Labute approximate surface area is 70.8 Å². The second-order valence-corrected chi connectivity index (χ2v) is 2.50. The van der Waals surface area contributed by atoms with E-state index in [-0.39, 0.29) is 5.91 Å². The maximum atomic E-state index is 11.2. The van der Waals surface area contributed by atoms with Crippen LogP contribution in [0.2, 0.25) is 0 Å². The van der Waals surface area contributed by atoms with Crippen LogP contribution < -0.4 is 11.1 Å². The maximum absolute atomic E-state index is 11.2. The average Bonchev–Trinajstić information content (AvgIpc) is 2.03. The van der Waals surface area contributed by atoms with Crippen molar-refractivity contribution in [3.05, 3.63) is 23.4 Å². The molecule has 4 heteroatoms. The van der Waals surface area contributed by atoms with Crippen molar-refractivity contribution in [2.24, 2.45) is 0 Å². The molecule has 0 unspecified atom stereocenters. The number of nitrogens with zero attached hydrogens (tertiary/aromatic N) is 1. The first-order valence-electron chi connectivity index (χ1n) is 3.59. The molecule has 0 radical (unpaired) electrons. The lowest BCUT2D eigenvalue weighted by molar-refractivity contribution is 0.0962. The summed E-state index contributed by atoms with van der Waals surface area (Å²) in [7, 11) is 1.58. The van der Waals surface area contributed by atoms with E-state index in [2.05, 4.69) is 10.3 Å². The number of aromatic nitrogens is 1. The van der Waals surface area contributed by atoms with Crippen molar-refractivity contribution in [1.29, 1.82) is 0 Å². The monoisotopic (exact) mass is 165 g/mol. The largest absolute Gasteiger partial charge is 0.384 e. The SMILES string of the molecule is CNC(=O)c1cnc(N)cc1C. The summed E-state index contributed by atoms with van der Waals surface area (Å²) < 4.78 is 0. The molecule has 0 atom stereocenters. The number of hydrogen-bond donors (Lipinski definition) is 2. The van der Waals surface area contributed by atoms with Gasteiger partial charge in [0.1, 0.15) is 5.82 Å². The third kappa shape index (κ3) is 1.53. The lowest BCUT2D eigenvalue weighted by atomic mass is 10.1. The normalized spacial score (nSPS) is 9.50. The summed E-state index contributed by atoms with van der Waals surface area (Å²) >= 11 is 0. The van der Waals surface area contributed by atoms with Crippen molar-refractivity contribution in [3.63, 3.8) is 0 Å². The zero-order chi connectivity index (χ0) is 9.14. The van der Waals surface area contributed by atoms with Crippen LogP contribution in [0.15, 0.2) is 12.3 Å². The summed E-state index contributed by atoms with van der Waals surface area (Å²) in [5, 5.41) is 2.52. The Balaban J connectivity index is 3.09. The Morgan fingerprint density at radius 3 is 2.83 bits per heavy atom. The van der Waals surface area contributed by atoms with Crippen LogP contribution >= 0.6 is 0 Å². The van der Waals surface area contributed by atoms with Crippen LogP contribution in [-0.2, 0) is 0 Å². The van der Waals surface area contributed by atoms with Gasteiger partial charge in [-0.2, -0.15) is 0 Å². The molecule has 1 amide bonds. The third-order valence-electron chi connectivity index (χ3n) is 1.60. The predicted molar refractivity (Wildman–Crippen MR) is 46.8 cm³/mol. The Morgan fingerprint density at radius 1 is 1.67 bits per heavy atom. The second-order valence-electron chi connectivity index (χ2n) is 2.50. The number of pyridine rings is 1. The fourth-order valence-electron chi connectivity index (χ4n) is 0.950. The molecule has 0 saturated heterocycles. The molecule has 1 rings (SSSR count). The number of nitrogens with two attached hydrogens (primary N) is 1. The minimum atomic E-state index is -0.139. The van der Waals surface area contributed by atoms with Crippen LogP contribution in [0.1, 0.15) is 15.9 Å². The number of carbonyl (C=O) groups is 1. The molecule has 0 aliphatic rings. The van der Waals surface area contributed by atoms with Gasteiger partial charge in [0, 0.05) is 13.2 Å². The van der Waals surface area contributed by atoms with E-state index in [9.17, 15) is 4.79 Å². The van der Waals surface area contributed by atoms with Gasteiger partial charge in [0.2, 0.25) is 0 Å². The molecule has 1 heterocycles. The van der Waals surface area contributed by atoms with Gasteiger partial charge in [-0.3, -0.25) is 4.79 Å². The third-order valence-corrected chi connectivity index (χ3v) is 1.60. The number of rotatable bonds is 1. The lowest BCUT2D eigenvalue weighted by Crippen LogP contribution is -2.19. The Hall–Kier alpha value is -1.58. The molecular formula is C8H11N3O. The van der Waals surface area contributed by atoms with Crippen molar-refractivity contribution >= 4 is 11.7 Å². The first kappa shape index (κ1) is 8.52. The molecular weight excluding hydrogens is 154 g/mol. The number of carbonyl (C=O) groups excluding carboxylic acids is 1. The highest BCUT2D eigenvalue weighted by atomic mass is 16.1. The quantitative estimate of drug-likeness (QED) is 0.630. The second kappa shape index (κ2) is 3.21. The molecule has 0 aromatic carbocycles. The van der Waals surface area contributed by atoms with E-state index in [4.69, 9.17) is 5.73 Å². The molecule has 12 heavy (non-hydrogen) atoms. The van der Waals surface area contributed by atoms with Crippen LogP contribution in [0.5, 0.6) is 0 Å². The number of nitrogen functional groups attached to an aromatic ring is 1. The van der Waals surface area contributed by atoms with Crippen molar-refractivity contribution < 1.29 is 4.79 Å². The lowest BCUT2D eigenvalue weighted by Gasteiger charge is -2.03. The van der Waals surface area contributed by atoms with Gasteiger partial charge in [0.25, 0.3) is 5.91 Å². The molecule has 0 fully saturated rings. The molecule has 0 bridgehead atoms. The molecule has 0 aliphatic heterocycles. The Bertz CT molecular complexity index is 309. The summed E-state index contributed by atoms with van der Waals surface area (Å²) in [6.07, 6.45) is 1.48. The molecule has 1 aromatic heterocycles. The van der Waals surface area contributed by atoms with Gasteiger partial charge >= 0.3 is 0 Å². The van der Waals surface area contributed by atoms with Crippen molar-refractivity contribution in [2.45, 2.75) is 6.92 Å². The topological polar surface area (TPSA) is 68.0 Å². The molecule has 0 aliphatic carbocycles. The summed E-state index contributed by atoms with van der Waals surface area (Å²) in [4.78, 5) is 15.0. The standard InChI is InChI=1S/C8H11N3O/c1-5-3-7(9)11-4-6(5)8(12)10-2/h3-4H,1-2H3,(H2,9,11)(H,10,12). The molecule has 0 spiro atoms. The van der Waals surface area contributed by atoms with Gasteiger partial charge < -0.3 is 11.1 Å². The first-order chi connectivity index (χ1) is 5.65. The van der Waals surface area contributed by atoms with Crippen LogP contribution in [-0.4, -0.2) is 17.9 Å². The number of aryl methyl sites for hydroxylation is 1. The maximum Gasteiger partial charge on any atom is 0.252 e. The van der Waals surface area contributed by atoms with E-state index in [1.807, 2.05) is 6.92 Å². The predicted octanol–water partition coefficient (Wildman–Crippen LogP) is 0.332. The van der Waals surface area contributed by atoms with Gasteiger partial charge in [-0.25, -0.2) is 4.98 Å². The summed E-state index contributed by atoms with van der Waals surface area (Å²) in [6, 6.07) is 1.67. The molecule has 0 saturated carbocycles. The van der Waals surface area contributed by atoms with Crippen LogP contribution in [0.25, 0.3) is 0 Å². The number of amides is 1. The number of hydrogen-bond acceptors (Lipinski definition) is 3. The molecule has 3 N–H and O–H groups in total. The smallest absolute Gasteiger partial charge is 0.252 e. The van der Waals surface area contributed by atoms with E-state index in [1.54, 1.807) is 13.1 Å². The zero-order valence-electron chi connectivity index (χ0n) is 7.09. The van der Waals surface area contributed by atoms with E-state index in [0.29, 0.717) is 11.4 Å². The van der Waals surface area contributed by atoms with Gasteiger partial charge in [-0.1, -0.05) is 0 Å². The molecule has 64 valence electrons.